The molecule has 0 amide bonds. The van der Waals surface area contributed by atoms with E-state index in [9.17, 15) is 13.2 Å². The van der Waals surface area contributed by atoms with Gasteiger partial charge in [0.25, 0.3) is 0 Å². The number of aryl methyl sites for hydroxylation is 1. The normalized spacial score (nSPS) is 11.5. The molecule has 0 bridgehead atoms. The Morgan fingerprint density at radius 1 is 1.20 bits per heavy atom. The third-order valence-electron chi connectivity index (χ3n) is 1.75. The van der Waals surface area contributed by atoms with E-state index >= 15 is 0 Å². The molecule has 5 heteroatoms. The van der Waals surface area contributed by atoms with Crippen LogP contribution in [0.25, 0.3) is 0 Å². The lowest BCUT2D eigenvalue weighted by Crippen LogP contribution is -2.17. The zero-order valence-corrected chi connectivity index (χ0v) is 8.99. The van der Waals surface area contributed by atoms with E-state index in [4.69, 9.17) is 0 Å². The minimum absolute atomic E-state index is 0.171. The van der Waals surface area contributed by atoms with Crippen LogP contribution in [-0.4, -0.2) is 18.4 Å². The summed E-state index contributed by atoms with van der Waals surface area (Å²) in [6, 6.07) is 5.97. The number of hydrogen-bond acceptors (Lipinski definition) is 2. The lowest BCUT2D eigenvalue weighted by atomic mass is 10.2. The summed E-state index contributed by atoms with van der Waals surface area (Å²) in [6.45, 7) is 0. The van der Waals surface area contributed by atoms with Gasteiger partial charge in [-0.15, -0.1) is 13.2 Å². The summed E-state index contributed by atoms with van der Waals surface area (Å²) in [5.74, 6) is 0.787. The van der Waals surface area contributed by atoms with Gasteiger partial charge in [0.15, 0.2) is 0 Å². The SMILES string of the molecule is CSCCc1ccc(OC(F)(F)F)cc1. The molecular formula is C10H11F3OS. The molecule has 0 aliphatic heterocycles. The topological polar surface area (TPSA) is 9.23 Å². The van der Waals surface area contributed by atoms with Crippen LogP contribution in [0.3, 0.4) is 0 Å². The predicted molar refractivity (Wildman–Crippen MR) is 55.2 cm³/mol. The standard InChI is InChI=1S/C10H11F3OS/c1-15-7-6-8-2-4-9(5-3-8)14-10(11,12)13/h2-5H,6-7H2,1H3. The van der Waals surface area contributed by atoms with Crippen LogP contribution in [0.5, 0.6) is 5.75 Å². The van der Waals surface area contributed by atoms with Crippen LogP contribution >= 0.6 is 11.8 Å². The van der Waals surface area contributed by atoms with E-state index in [1.165, 1.54) is 12.1 Å². The molecule has 84 valence electrons. The molecule has 1 rings (SSSR count). The van der Waals surface area contributed by atoms with Gasteiger partial charge in [-0.1, -0.05) is 12.1 Å². The van der Waals surface area contributed by atoms with Crippen LogP contribution < -0.4 is 4.74 Å². The maximum atomic E-state index is 11.8. The second kappa shape index (κ2) is 5.30. The van der Waals surface area contributed by atoms with E-state index in [-0.39, 0.29) is 5.75 Å². The molecule has 15 heavy (non-hydrogen) atoms. The van der Waals surface area contributed by atoms with Crippen molar-refractivity contribution in [2.45, 2.75) is 12.8 Å². The molecule has 0 saturated carbocycles. The average Bonchev–Trinajstić information content (AvgIpc) is 2.14. The van der Waals surface area contributed by atoms with Crippen molar-refractivity contribution in [1.82, 2.24) is 0 Å². The molecule has 1 nitrogen and oxygen atoms in total. The first-order valence-corrected chi connectivity index (χ1v) is 5.74. The number of ether oxygens (including phenoxy) is 1. The third kappa shape index (κ3) is 4.97. The smallest absolute Gasteiger partial charge is 0.406 e. The lowest BCUT2D eigenvalue weighted by molar-refractivity contribution is -0.274. The first-order chi connectivity index (χ1) is 7.01. The lowest BCUT2D eigenvalue weighted by Gasteiger charge is -2.08. The number of benzene rings is 1. The summed E-state index contributed by atoms with van der Waals surface area (Å²) in [7, 11) is 0. The van der Waals surface area contributed by atoms with Gasteiger partial charge in [-0.25, -0.2) is 0 Å². The van der Waals surface area contributed by atoms with Crippen molar-refractivity contribution >= 4 is 11.8 Å². The van der Waals surface area contributed by atoms with Crippen molar-refractivity contribution in [3.63, 3.8) is 0 Å². The summed E-state index contributed by atoms with van der Waals surface area (Å²) in [5, 5.41) is 0. The zero-order chi connectivity index (χ0) is 11.3. The summed E-state index contributed by atoms with van der Waals surface area (Å²) in [6.07, 6.45) is -1.77. The van der Waals surface area contributed by atoms with Gasteiger partial charge in [-0.2, -0.15) is 11.8 Å². The van der Waals surface area contributed by atoms with Gasteiger partial charge in [0, 0.05) is 0 Å². The summed E-state index contributed by atoms with van der Waals surface area (Å²) >= 11 is 1.70. The Balaban J connectivity index is 2.56. The van der Waals surface area contributed by atoms with Crippen molar-refractivity contribution < 1.29 is 17.9 Å². The zero-order valence-electron chi connectivity index (χ0n) is 8.17. The van der Waals surface area contributed by atoms with Crippen molar-refractivity contribution in [3.8, 4) is 5.75 Å². The van der Waals surface area contributed by atoms with Crippen LogP contribution in [-0.2, 0) is 6.42 Å². The van der Waals surface area contributed by atoms with E-state index in [0.29, 0.717) is 0 Å². The third-order valence-corrected chi connectivity index (χ3v) is 2.36. The number of thioether (sulfide) groups is 1. The number of alkyl halides is 3. The van der Waals surface area contributed by atoms with E-state index in [1.807, 2.05) is 6.26 Å². The average molecular weight is 236 g/mol. The summed E-state index contributed by atoms with van der Waals surface area (Å²) in [4.78, 5) is 0. The van der Waals surface area contributed by atoms with Crippen LogP contribution in [0.15, 0.2) is 24.3 Å². The highest BCUT2D eigenvalue weighted by Gasteiger charge is 2.30. The van der Waals surface area contributed by atoms with Crippen LogP contribution in [0.1, 0.15) is 5.56 Å². The maximum absolute atomic E-state index is 11.8. The Morgan fingerprint density at radius 3 is 2.27 bits per heavy atom. The molecule has 0 N–H and O–H groups in total. The fraction of sp³-hybridized carbons (Fsp3) is 0.400. The van der Waals surface area contributed by atoms with E-state index in [2.05, 4.69) is 4.74 Å². The Kier molecular flexibility index (Phi) is 4.32. The predicted octanol–water partition coefficient (Wildman–Crippen LogP) is 3.49. The Labute approximate surface area is 90.6 Å². The fourth-order valence-electron chi connectivity index (χ4n) is 1.08. The largest absolute Gasteiger partial charge is 0.573 e. The molecule has 0 aromatic heterocycles. The summed E-state index contributed by atoms with van der Waals surface area (Å²) < 4.78 is 39.2. The monoisotopic (exact) mass is 236 g/mol. The fourth-order valence-corrected chi connectivity index (χ4v) is 1.52. The first-order valence-electron chi connectivity index (χ1n) is 4.35. The molecule has 0 aliphatic carbocycles. The van der Waals surface area contributed by atoms with Crippen LogP contribution in [0, 0.1) is 0 Å². The molecular weight excluding hydrogens is 225 g/mol. The minimum Gasteiger partial charge on any atom is -0.406 e. The van der Waals surface area contributed by atoms with Crippen LogP contribution in [0.4, 0.5) is 13.2 Å². The van der Waals surface area contributed by atoms with Crippen molar-refractivity contribution in [1.29, 1.82) is 0 Å². The second-order valence-electron chi connectivity index (χ2n) is 2.93. The molecule has 0 fully saturated rings. The first kappa shape index (κ1) is 12.2. The quantitative estimate of drug-likeness (QED) is 0.791. The second-order valence-corrected chi connectivity index (χ2v) is 3.92. The molecule has 0 aliphatic rings. The van der Waals surface area contributed by atoms with Crippen molar-refractivity contribution in [2.75, 3.05) is 12.0 Å². The van der Waals surface area contributed by atoms with Crippen LogP contribution in [0.2, 0.25) is 0 Å². The number of halogens is 3. The molecule has 0 atom stereocenters. The van der Waals surface area contributed by atoms with Gasteiger partial charge in [-0.3, -0.25) is 0 Å². The number of rotatable bonds is 4. The maximum Gasteiger partial charge on any atom is 0.573 e. The van der Waals surface area contributed by atoms with Gasteiger partial charge in [-0.05, 0) is 36.1 Å². The highest BCUT2D eigenvalue weighted by molar-refractivity contribution is 7.98. The Morgan fingerprint density at radius 2 is 1.80 bits per heavy atom. The van der Waals surface area contributed by atoms with E-state index < -0.39 is 6.36 Å². The van der Waals surface area contributed by atoms with Gasteiger partial charge in [0.2, 0.25) is 0 Å². The molecule has 0 heterocycles. The summed E-state index contributed by atoms with van der Waals surface area (Å²) in [5.41, 5.74) is 1.01. The highest BCUT2D eigenvalue weighted by Crippen LogP contribution is 2.22. The highest BCUT2D eigenvalue weighted by atomic mass is 32.2. The van der Waals surface area contributed by atoms with Crippen molar-refractivity contribution in [2.24, 2.45) is 0 Å². The Bertz CT molecular complexity index is 295. The van der Waals surface area contributed by atoms with E-state index in [0.717, 1.165) is 17.7 Å². The molecule has 0 saturated heterocycles. The molecule has 1 aromatic carbocycles. The van der Waals surface area contributed by atoms with Gasteiger partial charge in [0.1, 0.15) is 5.75 Å². The van der Waals surface area contributed by atoms with Gasteiger partial charge >= 0.3 is 6.36 Å². The van der Waals surface area contributed by atoms with Gasteiger partial charge in [0.05, 0.1) is 0 Å². The molecule has 0 spiro atoms. The van der Waals surface area contributed by atoms with Gasteiger partial charge < -0.3 is 4.74 Å². The Hall–Kier alpha value is -0.840. The molecule has 1 aromatic rings. The minimum atomic E-state index is -4.61. The number of hydrogen-bond donors (Lipinski definition) is 0. The van der Waals surface area contributed by atoms with Crippen molar-refractivity contribution in [3.05, 3.63) is 29.8 Å². The molecule has 0 radical (unpaired) electrons. The van der Waals surface area contributed by atoms with E-state index in [1.54, 1.807) is 23.9 Å². The molecule has 0 unspecified atom stereocenters.